The summed E-state index contributed by atoms with van der Waals surface area (Å²) in [6.07, 6.45) is 2.01. The summed E-state index contributed by atoms with van der Waals surface area (Å²) in [4.78, 5) is 4.97. The van der Waals surface area contributed by atoms with Crippen molar-refractivity contribution in [1.82, 2.24) is 9.38 Å². The molecule has 0 bridgehead atoms. The second-order valence-electron chi connectivity index (χ2n) is 10.1. The number of fused-ring (bicyclic) bond motifs is 7. The van der Waals surface area contributed by atoms with Crippen LogP contribution >= 0.6 is 0 Å². The Morgan fingerprint density at radius 3 is 2.23 bits per heavy atom. The third-order valence-corrected chi connectivity index (χ3v) is 8.28. The first-order valence-corrected chi connectivity index (χ1v) is 11.1. The summed E-state index contributed by atoms with van der Waals surface area (Å²) >= 11 is 0. The minimum Gasteiger partial charge on any atom is -0.308 e. The van der Waals surface area contributed by atoms with Gasteiger partial charge in [0.25, 0.3) is 0 Å². The maximum absolute atomic E-state index is 4.97. The van der Waals surface area contributed by atoms with E-state index in [1.807, 2.05) is 6.20 Å². The van der Waals surface area contributed by atoms with Crippen LogP contribution in [0.5, 0.6) is 0 Å². The Morgan fingerprint density at radius 1 is 0.710 bits per heavy atom. The maximum atomic E-state index is 4.97. The van der Waals surface area contributed by atoms with Crippen LogP contribution in [0.15, 0.2) is 72.9 Å². The zero-order chi connectivity index (χ0) is 21.1. The van der Waals surface area contributed by atoms with Crippen molar-refractivity contribution in [2.45, 2.75) is 38.5 Å². The lowest BCUT2D eigenvalue weighted by molar-refractivity contribution is 0.306. The molecule has 0 fully saturated rings. The number of rotatable bonds is 0. The van der Waals surface area contributed by atoms with Crippen LogP contribution in [0.25, 0.3) is 49.0 Å². The second kappa shape index (κ2) is 5.26. The lowest BCUT2D eigenvalue weighted by Crippen LogP contribution is -2.42. The third kappa shape index (κ3) is 1.84. The molecular weight excluding hydrogens is 376 g/mol. The van der Waals surface area contributed by atoms with E-state index in [1.165, 1.54) is 54.6 Å². The maximum Gasteiger partial charge on any atom is 0.0819 e. The van der Waals surface area contributed by atoms with Gasteiger partial charge in [0.05, 0.1) is 22.1 Å². The van der Waals surface area contributed by atoms with Crippen molar-refractivity contribution in [3.05, 3.63) is 84.1 Å². The van der Waals surface area contributed by atoms with E-state index < -0.39 is 0 Å². The van der Waals surface area contributed by atoms with E-state index >= 15 is 0 Å². The topological polar surface area (TPSA) is 17.3 Å². The Balaban J connectivity index is 1.93. The number of hydrogen-bond acceptors (Lipinski definition) is 1. The zero-order valence-electron chi connectivity index (χ0n) is 18.3. The van der Waals surface area contributed by atoms with Crippen LogP contribution in [0.3, 0.4) is 0 Å². The lowest BCUT2D eigenvalue weighted by Gasteiger charge is -2.46. The molecule has 0 spiro atoms. The smallest absolute Gasteiger partial charge is 0.0819 e. The molecule has 31 heavy (non-hydrogen) atoms. The van der Waals surface area contributed by atoms with Crippen molar-refractivity contribution in [3.63, 3.8) is 0 Å². The molecule has 1 aliphatic rings. The molecule has 150 valence electrons. The minimum atomic E-state index is -0.0207. The molecule has 2 heteroatoms. The fraction of sp³-hybridized carbons (Fsp3) is 0.207. The van der Waals surface area contributed by atoms with Crippen molar-refractivity contribution < 1.29 is 0 Å². The first-order valence-electron chi connectivity index (χ1n) is 11.1. The molecule has 0 unspecified atom stereocenters. The molecule has 3 aromatic heterocycles. The van der Waals surface area contributed by atoms with Crippen molar-refractivity contribution >= 4 is 49.0 Å². The third-order valence-electron chi connectivity index (χ3n) is 8.28. The Kier molecular flexibility index (Phi) is 2.94. The number of nitrogens with zero attached hydrogens (tertiary/aromatic N) is 2. The van der Waals surface area contributed by atoms with Gasteiger partial charge in [-0.25, -0.2) is 0 Å². The summed E-state index contributed by atoms with van der Waals surface area (Å²) in [6.45, 7) is 9.62. The van der Waals surface area contributed by atoms with Gasteiger partial charge in [0.2, 0.25) is 0 Å². The number of hydrogen-bond donors (Lipinski definition) is 0. The highest BCUT2D eigenvalue weighted by Gasteiger charge is 2.47. The van der Waals surface area contributed by atoms with Gasteiger partial charge in [0, 0.05) is 27.8 Å². The Bertz CT molecular complexity index is 1730. The zero-order valence-corrected chi connectivity index (χ0v) is 18.3. The van der Waals surface area contributed by atoms with Crippen LogP contribution in [0.4, 0.5) is 0 Å². The largest absolute Gasteiger partial charge is 0.308 e. The molecule has 0 amide bonds. The first kappa shape index (κ1) is 17.3. The molecule has 0 aliphatic heterocycles. The quantitative estimate of drug-likeness (QED) is 0.190. The van der Waals surface area contributed by atoms with Gasteiger partial charge in [0.1, 0.15) is 0 Å². The lowest BCUT2D eigenvalue weighted by atomic mass is 9.57. The Hall–Kier alpha value is -3.39. The Labute approximate surface area is 181 Å². The van der Waals surface area contributed by atoms with Crippen molar-refractivity contribution in [3.8, 4) is 0 Å². The van der Waals surface area contributed by atoms with E-state index in [-0.39, 0.29) is 10.8 Å². The standard InChI is InChI=1S/C29H24N2/c1-28(2)21-13-14-30-26-20-15-17-9-5-6-10-18(17)16-23(20)31-22-12-8-7-11-19(22)25(29(28,3)4)27(31)24(21)26/h5-16H,1-4H3. The van der Waals surface area contributed by atoms with Crippen molar-refractivity contribution in [2.75, 3.05) is 0 Å². The fourth-order valence-corrected chi connectivity index (χ4v) is 6.04. The van der Waals surface area contributed by atoms with Crippen LogP contribution in [0, 0.1) is 0 Å². The molecule has 1 aliphatic carbocycles. The van der Waals surface area contributed by atoms with Gasteiger partial charge in [-0.2, -0.15) is 0 Å². The Morgan fingerprint density at radius 2 is 1.42 bits per heavy atom. The average molecular weight is 401 g/mol. The van der Waals surface area contributed by atoms with Gasteiger partial charge >= 0.3 is 0 Å². The van der Waals surface area contributed by atoms with E-state index in [4.69, 9.17) is 4.98 Å². The summed E-state index contributed by atoms with van der Waals surface area (Å²) in [5.74, 6) is 0. The van der Waals surface area contributed by atoms with E-state index in [2.05, 4.69) is 98.8 Å². The summed E-state index contributed by atoms with van der Waals surface area (Å²) in [6, 6.07) is 24.5. The molecule has 0 saturated heterocycles. The van der Waals surface area contributed by atoms with Gasteiger partial charge in [-0.1, -0.05) is 70.2 Å². The van der Waals surface area contributed by atoms with Crippen molar-refractivity contribution in [2.24, 2.45) is 0 Å². The summed E-state index contributed by atoms with van der Waals surface area (Å²) in [5, 5.41) is 6.43. The molecule has 0 radical (unpaired) electrons. The highest BCUT2D eigenvalue weighted by Crippen LogP contribution is 2.55. The van der Waals surface area contributed by atoms with Crippen LogP contribution in [-0.4, -0.2) is 9.38 Å². The second-order valence-corrected chi connectivity index (χ2v) is 10.1. The van der Waals surface area contributed by atoms with E-state index in [1.54, 1.807) is 0 Å². The number of pyridine rings is 2. The molecule has 7 rings (SSSR count). The van der Waals surface area contributed by atoms with E-state index in [0.717, 1.165) is 5.52 Å². The van der Waals surface area contributed by atoms with E-state index in [9.17, 15) is 0 Å². The molecule has 3 aromatic carbocycles. The molecule has 2 nitrogen and oxygen atoms in total. The normalized spacial score (nSPS) is 16.9. The van der Waals surface area contributed by atoms with Gasteiger partial charge in [-0.05, 0) is 51.6 Å². The summed E-state index contributed by atoms with van der Waals surface area (Å²) < 4.78 is 2.51. The minimum absolute atomic E-state index is 0.0175. The SMILES string of the molecule is CC1(C)c2ccnc3c4cc5ccccc5cc4n4c5ccccc5c(c4c23)C1(C)C. The van der Waals surface area contributed by atoms with Crippen molar-refractivity contribution in [1.29, 1.82) is 0 Å². The van der Waals surface area contributed by atoms with Gasteiger partial charge < -0.3 is 4.40 Å². The molecule has 6 aromatic rings. The highest BCUT2D eigenvalue weighted by molar-refractivity contribution is 6.20. The van der Waals surface area contributed by atoms with Crippen LogP contribution in [0.1, 0.15) is 38.8 Å². The predicted octanol–water partition coefficient (Wildman–Crippen LogP) is 7.52. The fourth-order valence-electron chi connectivity index (χ4n) is 6.04. The monoisotopic (exact) mass is 400 g/mol. The number of aromatic nitrogens is 2. The average Bonchev–Trinajstić information content (AvgIpc) is 3.13. The predicted molar refractivity (Wildman–Crippen MR) is 131 cm³/mol. The van der Waals surface area contributed by atoms with Gasteiger partial charge in [0.15, 0.2) is 0 Å². The molecule has 0 atom stereocenters. The first-order chi connectivity index (χ1) is 14.9. The van der Waals surface area contributed by atoms with E-state index in [0.29, 0.717) is 0 Å². The van der Waals surface area contributed by atoms with Crippen LogP contribution in [-0.2, 0) is 10.8 Å². The molecular formula is C29H24N2. The molecule has 3 heterocycles. The summed E-state index contributed by atoms with van der Waals surface area (Å²) in [5.41, 5.74) is 7.80. The van der Waals surface area contributed by atoms with Gasteiger partial charge in [-0.15, -0.1) is 0 Å². The molecule has 0 saturated carbocycles. The highest BCUT2D eigenvalue weighted by atomic mass is 14.9. The number of para-hydroxylation sites is 1. The van der Waals surface area contributed by atoms with Gasteiger partial charge in [-0.3, -0.25) is 4.98 Å². The van der Waals surface area contributed by atoms with Crippen LogP contribution < -0.4 is 0 Å². The number of benzene rings is 3. The van der Waals surface area contributed by atoms with Crippen LogP contribution in [0.2, 0.25) is 0 Å². The molecule has 0 N–H and O–H groups in total. The summed E-state index contributed by atoms with van der Waals surface area (Å²) in [7, 11) is 0.